The van der Waals surface area contributed by atoms with Crippen LogP contribution in [-0.4, -0.2) is 26.8 Å². The predicted octanol–water partition coefficient (Wildman–Crippen LogP) is 5.19. The fourth-order valence-corrected chi connectivity index (χ4v) is 4.21. The van der Waals surface area contributed by atoms with Crippen molar-refractivity contribution in [2.45, 2.75) is 37.9 Å². The first kappa shape index (κ1) is 19.7. The number of nitrogens with zero attached hydrogens (tertiary/aromatic N) is 4. The van der Waals surface area contributed by atoms with Crippen LogP contribution in [0.15, 0.2) is 67.8 Å². The van der Waals surface area contributed by atoms with Crippen molar-refractivity contribution in [1.29, 1.82) is 0 Å². The van der Waals surface area contributed by atoms with Gasteiger partial charge in [-0.1, -0.05) is 24.8 Å². The highest BCUT2D eigenvalue weighted by Gasteiger charge is 2.16. The molecule has 0 saturated heterocycles. The number of thioether (sulfide) groups is 1. The lowest BCUT2D eigenvalue weighted by Crippen LogP contribution is -1.96. The Labute approximate surface area is 184 Å². The standard InChI is InChI=1S/C23H22N4O3S/c1-2-31-23-26-25-22(21-7-4-12-28-21)27(23)24-14-19-10-11-20(30-19)15-29-18-9-8-16-5-3-6-17(16)13-18/h4,7-14H,2-3,5-6,15H2,1H3/b24-14+. The smallest absolute Gasteiger partial charge is 0.221 e. The zero-order chi connectivity index (χ0) is 21.0. The average Bonchev–Trinajstić information content (AvgIpc) is 3.58. The van der Waals surface area contributed by atoms with Gasteiger partial charge in [-0.2, -0.15) is 9.78 Å². The third-order valence-corrected chi connectivity index (χ3v) is 5.86. The van der Waals surface area contributed by atoms with Gasteiger partial charge in [0.05, 0.1) is 12.5 Å². The summed E-state index contributed by atoms with van der Waals surface area (Å²) in [6, 6.07) is 13.7. The van der Waals surface area contributed by atoms with Crippen molar-refractivity contribution < 1.29 is 13.6 Å². The minimum absolute atomic E-state index is 0.369. The number of hydrogen-bond donors (Lipinski definition) is 0. The van der Waals surface area contributed by atoms with E-state index < -0.39 is 0 Å². The summed E-state index contributed by atoms with van der Waals surface area (Å²) >= 11 is 1.56. The quantitative estimate of drug-likeness (QED) is 0.280. The van der Waals surface area contributed by atoms with Crippen molar-refractivity contribution in [1.82, 2.24) is 14.9 Å². The summed E-state index contributed by atoms with van der Waals surface area (Å²) in [5.74, 6) is 4.25. The van der Waals surface area contributed by atoms with Gasteiger partial charge in [0.25, 0.3) is 0 Å². The van der Waals surface area contributed by atoms with E-state index in [0.717, 1.165) is 23.7 Å². The Morgan fingerprint density at radius 1 is 1.16 bits per heavy atom. The summed E-state index contributed by atoms with van der Waals surface area (Å²) in [5, 5.41) is 13.7. The van der Waals surface area contributed by atoms with Crippen LogP contribution in [0.4, 0.5) is 0 Å². The van der Waals surface area contributed by atoms with Gasteiger partial charge < -0.3 is 13.6 Å². The maximum atomic E-state index is 5.92. The minimum Gasteiger partial charge on any atom is -0.486 e. The Morgan fingerprint density at radius 3 is 2.97 bits per heavy atom. The van der Waals surface area contributed by atoms with E-state index in [2.05, 4.69) is 34.4 Å². The summed E-state index contributed by atoms with van der Waals surface area (Å²) in [4.78, 5) is 0. The molecule has 0 saturated carbocycles. The van der Waals surface area contributed by atoms with E-state index in [1.54, 1.807) is 28.9 Å². The lowest BCUT2D eigenvalue weighted by Gasteiger charge is -2.06. The number of benzene rings is 1. The van der Waals surface area contributed by atoms with Crippen LogP contribution in [0.25, 0.3) is 11.6 Å². The normalized spacial score (nSPS) is 13.2. The van der Waals surface area contributed by atoms with Gasteiger partial charge in [0, 0.05) is 0 Å². The van der Waals surface area contributed by atoms with Gasteiger partial charge >= 0.3 is 0 Å². The molecule has 0 amide bonds. The van der Waals surface area contributed by atoms with Gasteiger partial charge in [0.2, 0.25) is 11.0 Å². The molecule has 31 heavy (non-hydrogen) atoms. The zero-order valence-corrected chi connectivity index (χ0v) is 18.0. The van der Waals surface area contributed by atoms with Crippen molar-refractivity contribution in [3.63, 3.8) is 0 Å². The molecule has 7 nitrogen and oxygen atoms in total. The zero-order valence-electron chi connectivity index (χ0n) is 17.2. The van der Waals surface area contributed by atoms with Crippen molar-refractivity contribution in [2.75, 3.05) is 5.75 Å². The molecule has 0 unspecified atom stereocenters. The first-order chi connectivity index (χ1) is 15.3. The largest absolute Gasteiger partial charge is 0.486 e. The number of hydrogen-bond acceptors (Lipinski definition) is 7. The SMILES string of the molecule is CCSc1nnc(-c2ccco2)n1/N=C/c1ccc(COc2ccc3c(c2)CCC3)o1. The van der Waals surface area contributed by atoms with Gasteiger partial charge in [-0.25, -0.2) is 0 Å². The average molecular weight is 435 g/mol. The van der Waals surface area contributed by atoms with Crippen LogP contribution in [-0.2, 0) is 19.4 Å². The van der Waals surface area contributed by atoms with Crippen LogP contribution in [0.5, 0.6) is 5.75 Å². The number of rotatable bonds is 8. The van der Waals surface area contributed by atoms with Gasteiger partial charge in [0.1, 0.15) is 23.9 Å². The highest BCUT2D eigenvalue weighted by Crippen LogP contribution is 2.27. The molecule has 1 aromatic carbocycles. The molecule has 1 aliphatic rings. The Balaban J connectivity index is 1.29. The molecule has 4 aromatic rings. The van der Waals surface area contributed by atoms with Gasteiger partial charge in [-0.05, 0) is 72.5 Å². The third kappa shape index (κ3) is 4.29. The van der Waals surface area contributed by atoms with Crippen LogP contribution in [0, 0.1) is 0 Å². The van der Waals surface area contributed by atoms with Crippen LogP contribution < -0.4 is 4.74 Å². The molecule has 158 valence electrons. The van der Waals surface area contributed by atoms with E-state index in [-0.39, 0.29) is 0 Å². The van der Waals surface area contributed by atoms with Crippen LogP contribution in [0.3, 0.4) is 0 Å². The summed E-state index contributed by atoms with van der Waals surface area (Å²) in [5.41, 5.74) is 2.83. The molecule has 3 aromatic heterocycles. The lowest BCUT2D eigenvalue weighted by atomic mass is 10.1. The molecule has 5 rings (SSSR count). The second-order valence-electron chi connectivity index (χ2n) is 7.15. The van der Waals surface area contributed by atoms with Crippen molar-refractivity contribution in [3.8, 4) is 17.3 Å². The number of aryl methyl sites for hydroxylation is 2. The molecular weight excluding hydrogens is 412 g/mol. The molecule has 0 atom stereocenters. The molecule has 8 heteroatoms. The summed E-state index contributed by atoms with van der Waals surface area (Å²) < 4.78 is 18.9. The van der Waals surface area contributed by atoms with Crippen molar-refractivity contribution in [2.24, 2.45) is 5.10 Å². The number of ether oxygens (including phenoxy) is 1. The van der Waals surface area contributed by atoms with Crippen molar-refractivity contribution >= 4 is 18.0 Å². The monoisotopic (exact) mass is 434 g/mol. The summed E-state index contributed by atoms with van der Waals surface area (Å²) in [7, 11) is 0. The molecule has 0 spiro atoms. The van der Waals surface area contributed by atoms with Crippen LogP contribution in [0.1, 0.15) is 36.0 Å². The highest BCUT2D eigenvalue weighted by molar-refractivity contribution is 7.99. The first-order valence-electron chi connectivity index (χ1n) is 10.3. The maximum absolute atomic E-state index is 5.92. The maximum Gasteiger partial charge on any atom is 0.221 e. The lowest BCUT2D eigenvalue weighted by molar-refractivity contribution is 0.269. The molecule has 3 heterocycles. The van der Waals surface area contributed by atoms with E-state index in [1.165, 1.54) is 24.0 Å². The molecule has 0 N–H and O–H groups in total. The molecular formula is C23H22N4O3S. The van der Waals surface area contributed by atoms with E-state index in [4.69, 9.17) is 13.6 Å². The second kappa shape index (κ2) is 8.85. The summed E-state index contributed by atoms with van der Waals surface area (Å²) in [6.45, 7) is 2.42. The van der Waals surface area contributed by atoms with Crippen LogP contribution in [0.2, 0.25) is 0 Å². The van der Waals surface area contributed by atoms with E-state index in [0.29, 0.717) is 29.1 Å². The fraction of sp³-hybridized carbons (Fsp3) is 0.261. The molecule has 0 radical (unpaired) electrons. The topological polar surface area (TPSA) is 78.6 Å². The summed E-state index contributed by atoms with van der Waals surface area (Å²) in [6.07, 6.45) is 6.78. The molecule has 0 aliphatic heterocycles. The number of fused-ring (bicyclic) bond motifs is 1. The molecule has 0 bridgehead atoms. The van der Waals surface area contributed by atoms with Crippen LogP contribution >= 0.6 is 11.8 Å². The van der Waals surface area contributed by atoms with E-state index in [9.17, 15) is 0 Å². The molecule has 0 fully saturated rings. The van der Waals surface area contributed by atoms with E-state index in [1.807, 2.05) is 30.3 Å². The highest BCUT2D eigenvalue weighted by atomic mass is 32.2. The Bertz CT molecular complexity index is 1190. The van der Waals surface area contributed by atoms with Gasteiger partial charge in [-0.3, -0.25) is 0 Å². The van der Waals surface area contributed by atoms with Gasteiger partial charge in [0.15, 0.2) is 5.76 Å². The van der Waals surface area contributed by atoms with Crippen molar-refractivity contribution in [3.05, 3.63) is 71.4 Å². The Kier molecular flexibility index (Phi) is 5.62. The number of furan rings is 2. The third-order valence-electron chi connectivity index (χ3n) is 5.06. The minimum atomic E-state index is 0.369. The molecule has 1 aliphatic carbocycles. The Hall–Kier alpha value is -3.26. The first-order valence-corrected chi connectivity index (χ1v) is 11.3. The number of aromatic nitrogens is 3. The fourth-order valence-electron chi connectivity index (χ4n) is 3.60. The van der Waals surface area contributed by atoms with Gasteiger partial charge in [-0.15, -0.1) is 10.2 Å². The van der Waals surface area contributed by atoms with E-state index >= 15 is 0 Å². The Morgan fingerprint density at radius 2 is 2.10 bits per heavy atom. The predicted molar refractivity (Wildman–Crippen MR) is 119 cm³/mol. The second-order valence-corrected chi connectivity index (χ2v) is 8.38.